The summed E-state index contributed by atoms with van der Waals surface area (Å²) in [6.45, 7) is 1.07. The summed E-state index contributed by atoms with van der Waals surface area (Å²) in [7, 11) is 0. The monoisotopic (exact) mass is 321 g/mol. The molecule has 1 heterocycles. The molecule has 1 aliphatic rings. The van der Waals surface area contributed by atoms with Crippen molar-refractivity contribution in [3.05, 3.63) is 34.4 Å². The van der Waals surface area contributed by atoms with E-state index in [1.54, 1.807) is 0 Å². The normalized spacial score (nSPS) is 18.3. The van der Waals surface area contributed by atoms with Gasteiger partial charge in [0.15, 0.2) is 0 Å². The molecule has 1 saturated heterocycles. The van der Waals surface area contributed by atoms with Gasteiger partial charge in [-0.15, -0.1) is 0 Å². The van der Waals surface area contributed by atoms with Gasteiger partial charge >= 0.3 is 5.97 Å². The molecule has 0 aliphatic carbocycles. The fraction of sp³-hybridized carbons (Fsp3) is 0.467. The molecule has 0 radical (unpaired) electrons. The summed E-state index contributed by atoms with van der Waals surface area (Å²) in [5, 5.41) is 22.4. The summed E-state index contributed by atoms with van der Waals surface area (Å²) < 4.78 is 0. The maximum Gasteiger partial charge on any atom is 0.320 e. The summed E-state index contributed by atoms with van der Waals surface area (Å²) >= 11 is 0. The second kappa shape index (κ2) is 7.68. The predicted molar refractivity (Wildman–Crippen MR) is 83.2 cm³/mol. The maximum atomic E-state index is 11.9. The average Bonchev–Trinajstić information content (AvgIpc) is 2.53. The molecular formula is C15H19N3O5. The van der Waals surface area contributed by atoms with Crippen molar-refractivity contribution in [3.8, 4) is 0 Å². The molecule has 1 aromatic rings. The number of carboxylic acid groups (broad SMARTS) is 1. The third-order valence-electron chi connectivity index (χ3n) is 3.89. The lowest BCUT2D eigenvalue weighted by Gasteiger charge is -2.32. The van der Waals surface area contributed by atoms with Crippen LogP contribution in [0.2, 0.25) is 0 Å². The Hall–Kier alpha value is -2.48. The Bertz CT molecular complexity index is 587. The summed E-state index contributed by atoms with van der Waals surface area (Å²) in [6, 6.07) is 5.06. The number of nitrogens with zero attached hydrogens (tertiary/aromatic N) is 2. The first-order valence-corrected chi connectivity index (χ1v) is 7.48. The topological polar surface area (TPSA) is 113 Å². The number of piperidine rings is 1. The Balaban J connectivity index is 1.84. The van der Waals surface area contributed by atoms with Crippen LogP contribution in [0.25, 0.3) is 0 Å². The largest absolute Gasteiger partial charge is 0.480 e. The third-order valence-corrected chi connectivity index (χ3v) is 3.89. The molecule has 1 aromatic carbocycles. The quantitative estimate of drug-likeness (QED) is 0.611. The highest BCUT2D eigenvalue weighted by molar-refractivity contribution is 5.90. The van der Waals surface area contributed by atoms with Gasteiger partial charge in [0.05, 0.1) is 4.92 Å². The first-order valence-electron chi connectivity index (χ1n) is 7.48. The number of nitro benzene ring substituents is 1. The molecule has 0 spiro atoms. The van der Waals surface area contributed by atoms with Gasteiger partial charge in [-0.2, -0.15) is 0 Å². The van der Waals surface area contributed by atoms with Crippen molar-refractivity contribution < 1.29 is 19.6 Å². The number of benzene rings is 1. The van der Waals surface area contributed by atoms with Gasteiger partial charge in [0.25, 0.3) is 5.69 Å². The van der Waals surface area contributed by atoms with E-state index < -0.39 is 16.9 Å². The molecular weight excluding hydrogens is 302 g/mol. The molecule has 0 saturated carbocycles. The van der Waals surface area contributed by atoms with E-state index in [2.05, 4.69) is 5.32 Å². The zero-order valence-corrected chi connectivity index (χ0v) is 12.6. The van der Waals surface area contributed by atoms with Crippen molar-refractivity contribution in [1.29, 1.82) is 0 Å². The molecule has 0 bridgehead atoms. The second-order valence-electron chi connectivity index (χ2n) is 5.49. The molecule has 2 N–H and O–H groups in total. The van der Waals surface area contributed by atoms with Crippen molar-refractivity contribution in [2.45, 2.75) is 31.7 Å². The van der Waals surface area contributed by atoms with Crippen molar-refractivity contribution >= 4 is 23.3 Å². The highest BCUT2D eigenvalue weighted by Crippen LogP contribution is 2.18. The number of carbonyl (C=O) groups is 2. The molecule has 2 rings (SSSR count). The molecule has 8 heteroatoms. The molecule has 1 fully saturated rings. The van der Waals surface area contributed by atoms with Crippen LogP contribution in [-0.4, -0.2) is 45.9 Å². The highest BCUT2D eigenvalue weighted by atomic mass is 16.6. The number of nitro groups is 1. The van der Waals surface area contributed by atoms with Crippen LogP contribution in [0.5, 0.6) is 0 Å². The van der Waals surface area contributed by atoms with Crippen molar-refractivity contribution in [1.82, 2.24) is 4.90 Å². The third kappa shape index (κ3) is 4.75. The number of carbonyl (C=O) groups excluding carboxylic acids is 1. The van der Waals surface area contributed by atoms with Crippen LogP contribution in [-0.2, 0) is 9.59 Å². The minimum atomic E-state index is -0.847. The van der Waals surface area contributed by atoms with E-state index in [1.165, 1.54) is 24.3 Å². The lowest BCUT2D eigenvalue weighted by Crippen LogP contribution is -2.45. The number of likely N-dealkylation sites (tertiary alicyclic amines) is 1. The van der Waals surface area contributed by atoms with Gasteiger partial charge in [0.2, 0.25) is 5.91 Å². The number of rotatable bonds is 6. The van der Waals surface area contributed by atoms with E-state index in [9.17, 15) is 24.8 Å². The van der Waals surface area contributed by atoms with Crippen LogP contribution < -0.4 is 5.32 Å². The predicted octanol–water partition coefficient (Wildman–Crippen LogP) is 1.86. The van der Waals surface area contributed by atoms with Crippen LogP contribution in [0, 0.1) is 10.1 Å². The Labute approximate surface area is 133 Å². The van der Waals surface area contributed by atoms with Crippen LogP contribution in [0.1, 0.15) is 25.7 Å². The van der Waals surface area contributed by atoms with Gasteiger partial charge in [0.1, 0.15) is 6.04 Å². The lowest BCUT2D eigenvalue weighted by atomic mass is 10.0. The fourth-order valence-corrected chi connectivity index (χ4v) is 2.67. The Morgan fingerprint density at radius 3 is 2.61 bits per heavy atom. The van der Waals surface area contributed by atoms with Gasteiger partial charge in [-0.25, -0.2) is 0 Å². The molecule has 0 aromatic heterocycles. The zero-order valence-electron chi connectivity index (χ0n) is 12.6. The van der Waals surface area contributed by atoms with Crippen LogP contribution in [0.3, 0.4) is 0 Å². The summed E-state index contributed by atoms with van der Waals surface area (Å²) in [4.78, 5) is 35.0. The second-order valence-corrected chi connectivity index (χ2v) is 5.49. The smallest absolute Gasteiger partial charge is 0.320 e. The van der Waals surface area contributed by atoms with Gasteiger partial charge < -0.3 is 10.4 Å². The van der Waals surface area contributed by atoms with E-state index in [0.717, 1.165) is 12.8 Å². The van der Waals surface area contributed by atoms with Crippen LogP contribution in [0.4, 0.5) is 11.4 Å². The molecule has 1 unspecified atom stereocenters. The minimum Gasteiger partial charge on any atom is -0.480 e. The van der Waals surface area contributed by atoms with Gasteiger partial charge in [-0.1, -0.05) is 6.42 Å². The van der Waals surface area contributed by atoms with E-state index in [4.69, 9.17) is 0 Å². The first kappa shape index (κ1) is 16.9. The number of carboxylic acids is 1. The van der Waals surface area contributed by atoms with E-state index in [1.807, 2.05) is 4.90 Å². The average molecular weight is 321 g/mol. The lowest BCUT2D eigenvalue weighted by molar-refractivity contribution is -0.384. The number of amides is 1. The summed E-state index contributed by atoms with van der Waals surface area (Å²) in [6.07, 6.45) is 2.62. The van der Waals surface area contributed by atoms with E-state index in [0.29, 0.717) is 25.2 Å². The van der Waals surface area contributed by atoms with Crippen LogP contribution >= 0.6 is 0 Å². The number of aliphatic carboxylic acids is 1. The standard InChI is InChI=1S/C15H19N3O5/c19-14(16-11-4-6-12(7-5-11)18(22)23)8-10-17-9-2-1-3-13(17)15(20)21/h4-7,13H,1-3,8-10H2,(H,16,19)(H,20,21). The van der Waals surface area contributed by atoms with Gasteiger partial charge in [-0.05, 0) is 31.5 Å². The fourth-order valence-electron chi connectivity index (χ4n) is 2.67. The van der Waals surface area contributed by atoms with E-state index >= 15 is 0 Å². The van der Waals surface area contributed by atoms with Gasteiger partial charge in [-0.3, -0.25) is 24.6 Å². The number of hydrogen-bond acceptors (Lipinski definition) is 5. The summed E-state index contributed by atoms with van der Waals surface area (Å²) in [5.74, 6) is -1.09. The molecule has 23 heavy (non-hydrogen) atoms. The summed E-state index contributed by atoms with van der Waals surface area (Å²) in [5.41, 5.74) is 0.439. The molecule has 1 amide bonds. The van der Waals surface area contributed by atoms with E-state index in [-0.39, 0.29) is 18.0 Å². The Kier molecular flexibility index (Phi) is 5.64. The minimum absolute atomic E-state index is 0.0411. The highest BCUT2D eigenvalue weighted by Gasteiger charge is 2.28. The first-order chi connectivity index (χ1) is 11.0. The number of nitrogens with one attached hydrogen (secondary N) is 1. The molecule has 1 atom stereocenters. The number of anilines is 1. The van der Waals surface area contributed by atoms with Crippen molar-refractivity contribution in [2.75, 3.05) is 18.4 Å². The van der Waals surface area contributed by atoms with Crippen LogP contribution in [0.15, 0.2) is 24.3 Å². The van der Waals surface area contributed by atoms with Gasteiger partial charge in [0, 0.05) is 30.8 Å². The number of hydrogen-bond donors (Lipinski definition) is 2. The maximum absolute atomic E-state index is 11.9. The Morgan fingerprint density at radius 2 is 2.00 bits per heavy atom. The molecule has 124 valence electrons. The SMILES string of the molecule is O=C(CCN1CCCCC1C(=O)O)Nc1ccc([N+](=O)[O-])cc1. The van der Waals surface area contributed by atoms with Crippen molar-refractivity contribution in [2.24, 2.45) is 0 Å². The number of non-ortho nitro benzene ring substituents is 1. The molecule has 8 nitrogen and oxygen atoms in total. The zero-order chi connectivity index (χ0) is 16.8. The molecule has 1 aliphatic heterocycles. The van der Waals surface area contributed by atoms with Crippen molar-refractivity contribution in [3.63, 3.8) is 0 Å². The Morgan fingerprint density at radius 1 is 1.30 bits per heavy atom.